The highest BCUT2D eigenvalue weighted by Gasteiger charge is 2.21. The quantitative estimate of drug-likeness (QED) is 0.749. The normalized spacial score (nSPS) is 16.3. The van der Waals surface area contributed by atoms with Gasteiger partial charge in [-0.1, -0.05) is 25.1 Å². The highest BCUT2D eigenvalue weighted by Crippen LogP contribution is 2.19. The molecule has 2 aromatic rings. The Morgan fingerprint density at radius 1 is 1.11 bits per heavy atom. The summed E-state index contributed by atoms with van der Waals surface area (Å²) < 4.78 is 5.53. The van der Waals surface area contributed by atoms with E-state index in [1.165, 1.54) is 6.42 Å². The highest BCUT2D eigenvalue weighted by molar-refractivity contribution is 5.95. The molecule has 0 aromatic heterocycles. The molecule has 0 saturated carbocycles. The number of likely N-dealkylation sites (tertiary alicyclic amines) is 1. The van der Waals surface area contributed by atoms with Crippen molar-refractivity contribution >= 4 is 17.6 Å². The molecule has 1 saturated heterocycles. The lowest BCUT2D eigenvalue weighted by molar-refractivity contribution is 0.0683. The van der Waals surface area contributed by atoms with E-state index in [0.29, 0.717) is 30.3 Å². The van der Waals surface area contributed by atoms with Crippen LogP contribution in [0.3, 0.4) is 0 Å². The zero-order valence-corrected chi connectivity index (χ0v) is 16.2. The fraction of sp³-hybridized carbons (Fsp3) is 0.364. The molecule has 3 rings (SSSR count). The summed E-state index contributed by atoms with van der Waals surface area (Å²) >= 11 is 0. The highest BCUT2D eigenvalue weighted by atomic mass is 16.5. The van der Waals surface area contributed by atoms with Gasteiger partial charge < -0.3 is 20.3 Å². The number of carbonyl (C=O) groups excluding carboxylic acids is 2. The van der Waals surface area contributed by atoms with Crippen molar-refractivity contribution in [3.63, 3.8) is 0 Å². The van der Waals surface area contributed by atoms with Crippen LogP contribution in [-0.4, -0.2) is 43.1 Å². The molecule has 148 valence electrons. The average molecular weight is 381 g/mol. The standard InChI is InChI=1S/C22H27N3O3/c1-17-6-5-14-25(16-17)21(26)18-9-11-19(12-10-18)24-22(27)23-13-15-28-20-7-3-2-4-8-20/h2-4,7-12,17H,5-6,13-16H2,1H3,(H2,23,24,27)/t17-/m0/s1. The predicted molar refractivity (Wildman–Crippen MR) is 110 cm³/mol. The molecular weight excluding hydrogens is 354 g/mol. The van der Waals surface area contributed by atoms with Crippen LogP contribution in [0.15, 0.2) is 54.6 Å². The van der Waals surface area contributed by atoms with Gasteiger partial charge in [-0.05, 0) is 55.2 Å². The van der Waals surface area contributed by atoms with Crippen molar-refractivity contribution in [3.05, 3.63) is 60.2 Å². The Bertz CT molecular complexity index is 777. The number of nitrogens with one attached hydrogen (secondary N) is 2. The van der Waals surface area contributed by atoms with Gasteiger partial charge in [0.1, 0.15) is 12.4 Å². The molecule has 6 heteroatoms. The van der Waals surface area contributed by atoms with Crippen molar-refractivity contribution < 1.29 is 14.3 Å². The molecule has 1 fully saturated rings. The number of para-hydroxylation sites is 1. The Kier molecular flexibility index (Phi) is 6.89. The molecule has 6 nitrogen and oxygen atoms in total. The zero-order valence-electron chi connectivity index (χ0n) is 16.2. The average Bonchev–Trinajstić information content (AvgIpc) is 2.72. The summed E-state index contributed by atoms with van der Waals surface area (Å²) in [6.45, 7) is 4.59. The molecule has 0 bridgehead atoms. The molecular formula is C22H27N3O3. The van der Waals surface area contributed by atoms with Crippen molar-refractivity contribution in [3.8, 4) is 5.75 Å². The molecule has 1 atom stereocenters. The molecule has 2 aromatic carbocycles. The number of benzene rings is 2. The number of anilines is 1. The lowest BCUT2D eigenvalue weighted by atomic mass is 9.99. The lowest BCUT2D eigenvalue weighted by Crippen LogP contribution is -2.39. The summed E-state index contributed by atoms with van der Waals surface area (Å²) in [7, 11) is 0. The van der Waals surface area contributed by atoms with Gasteiger partial charge in [-0.2, -0.15) is 0 Å². The number of hydrogen-bond acceptors (Lipinski definition) is 3. The zero-order chi connectivity index (χ0) is 19.8. The number of rotatable bonds is 6. The molecule has 28 heavy (non-hydrogen) atoms. The summed E-state index contributed by atoms with van der Waals surface area (Å²) in [5, 5.41) is 5.51. The first kappa shape index (κ1) is 19.7. The maximum atomic E-state index is 12.6. The molecule has 1 aliphatic rings. The first-order chi connectivity index (χ1) is 13.6. The van der Waals surface area contributed by atoms with Gasteiger partial charge in [0.2, 0.25) is 0 Å². The Hall–Kier alpha value is -3.02. The Morgan fingerprint density at radius 3 is 2.57 bits per heavy atom. The SMILES string of the molecule is C[C@H]1CCCN(C(=O)c2ccc(NC(=O)NCCOc3ccccc3)cc2)C1. The van der Waals surface area contributed by atoms with Crippen molar-refractivity contribution in [1.82, 2.24) is 10.2 Å². The van der Waals surface area contributed by atoms with Gasteiger partial charge in [0.25, 0.3) is 5.91 Å². The van der Waals surface area contributed by atoms with Crippen molar-refractivity contribution in [2.75, 3.05) is 31.6 Å². The number of urea groups is 1. The first-order valence-corrected chi connectivity index (χ1v) is 9.74. The van der Waals surface area contributed by atoms with Crippen LogP contribution in [0, 0.1) is 5.92 Å². The number of amides is 3. The minimum atomic E-state index is -0.305. The third-order valence-corrected chi connectivity index (χ3v) is 4.73. The van der Waals surface area contributed by atoms with Gasteiger partial charge >= 0.3 is 6.03 Å². The lowest BCUT2D eigenvalue weighted by Gasteiger charge is -2.31. The fourth-order valence-corrected chi connectivity index (χ4v) is 3.28. The minimum Gasteiger partial charge on any atom is -0.492 e. The van der Waals surface area contributed by atoms with Gasteiger partial charge in [-0.3, -0.25) is 4.79 Å². The second kappa shape index (κ2) is 9.78. The smallest absolute Gasteiger partial charge is 0.319 e. The number of ether oxygens (including phenoxy) is 1. The predicted octanol–water partition coefficient (Wildman–Crippen LogP) is 3.76. The molecule has 2 N–H and O–H groups in total. The third-order valence-electron chi connectivity index (χ3n) is 4.73. The largest absolute Gasteiger partial charge is 0.492 e. The van der Waals surface area contributed by atoms with Crippen LogP contribution < -0.4 is 15.4 Å². The van der Waals surface area contributed by atoms with Crippen LogP contribution in [0.2, 0.25) is 0 Å². The van der Waals surface area contributed by atoms with Crippen LogP contribution in [0.4, 0.5) is 10.5 Å². The van der Waals surface area contributed by atoms with Gasteiger partial charge in [0.05, 0.1) is 6.54 Å². The van der Waals surface area contributed by atoms with E-state index >= 15 is 0 Å². The Balaban J connectivity index is 1.42. The van der Waals surface area contributed by atoms with Crippen LogP contribution in [0.25, 0.3) is 0 Å². The maximum Gasteiger partial charge on any atom is 0.319 e. The Labute approximate surface area is 165 Å². The van der Waals surface area contributed by atoms with E-state index in [0.717, 1.165) is 25.3 Å². The summed E-state index contributed by atoms with van der Waals surface area (Å²) in [6, 6.07) is 16.2. The van der Waals surface area contributed by atoms with Gasteiger partial charge in [-0.15, -0.1) is 0 Å². The maximum absolute atomic E-state index is 12.6. The van der Waals surface area contributed by atoms with Crippen LogP contribution in [0.1, 0.15) is 30.1 Å². The van der Waals surface area contributed by atoms with Crippen LogP contribution >= 0.6 is 0 Å². The number of hydrogen-bond donors (Lipinski definition) is 2. The van der Waals surface area contributed by atoms with Crippen molar-refractivity contribution in [1.29, 1.82) is 0 Å². The fourth-order valence-electron chi connectivity index (χ4n) is 3.28. The third kappa shape index (κ3) is 5.74. The van der Waals surface area contributed by atoms with Crippen LogP contribution in [0.5, 0.6) is 5.75 Å². The summed E-state index contributed by atoms with van der Waals surface area (Å²) in [6.07, 6.45) is 2.23. The molecule has 0 aliphatic carbocycles. The second-order valence-corrected chi connectivity index (χ2v) is 7.12. The van der Waals surface area contributed by atoms with Gasteiger partial charge in [0, 0.05) is 24.3 Å². The summed E-state index contributed by atoms with van der Waals surface area (Å²) in [5.41, 5.74) is 1.29. The number of nitrogens with zero attached hydrogens (tertiary/aromatic N) is 1. The minimum absolute atomic E-state index is 0.0561. The van der Waals surface area contributed by atoms with Crippen molar-refractivity contribution in [2.24, 2.45) is 5.92 Å². The van der Waals surface area contributed by atoms with E-state index in [1.807, 2.05) is 35.2 Å². The van der Waals surface area contributed by atoms with E-state index < -0.39 is 0 Å². The molecule has 0 spiro atoms. The summed E-state index contributed by atoms with van der Waals surface area (Å²) in [4.78, 5) is 26.5. The second-order valence-electron chi connectivity index (χ2n) is 7.12. The van der Waals surface area contributed by atoms with E-state index in [9.17, 15) is 9.59 Å². The van der Waals surface area contributed by atoms with Gasteiger partial charge in [0.15, 0.2) is 0 Å². The molecule has 1 aliphatic heterocycles. The number of piperidine rings is 1. The van der Waals surface area contributed by atoms with E-state index in [-0.39, 0.29) is 11.9 Å². The first-order valence-electron chi connectivity index (χ1n) is 9.74. The van der Waals surface area contributed by atoms with Crippen molar-refractivity contribution in [2.45, 2.75) is 19.8 Å². The van der Waals surface area contributed by atoms with Crippen LogP contribution in [-0.2, 0) is 0 Å². The van der Waals surface area contributed by atoms with Gasteiger partial charge in [-0.25, -0.2) is 4.79 Å². The summed E-state index contributed by atoms with van der Waals surface area (Å²) in [5.74, 6) is 1.38. The molecule has 3 amide bonds. The van der Waals surface area contributed by atoms with E-state index in [1.54, 1.807) is 24.3 Å². The molecule has 0 radical (unpaired) electrons. The Morgan fingerprint density at radius 2 is 1.86 bits per heavy atom. The van der Waals surface area contributed by atoms with E-state index in [2.05, 4.69) is 17.6 Å². The number of carbonyl (C=O) groups is 2. The molecule has 1 heterocycles. The molecule has 0 unspecified atom stereocenters. The monoisotopic (exact) mass is 381 g/mol. The van der Waals surface area contributed by atoms with E-state index in [4.69, 9.17) is 4.74 Å². The topological polar surface area (TPSA) is 70.7 Å².